The number of aryl methyl sites for hydroxylation is 1. The summed E-state index contributed by atoms with van der Waals surface area (Å²) in [5.74, 6) is 1.53. The molecule has 168 valence electrons. The van der Waals surface area contributed by atoms with Gasteiger partial charge in [-0.15, -0.1) is 17.8 Å². The normalized spacial score (nSPS) is 15.6. The van der Waals surface area contributed by atoms with Gasteiger partial charge in [0.05, 0.1) is 23.0 Å². The zero-order chi connectivity index (χ0) is 23.3. The van der Waals surface area contributed by atoms with Gasteiger partial charge in [0.25, 0.3) is 17.7 Å². The lowest BCUT2D eigenvalue weighted by molar-refractivity contribution is -0.125. The van der Waals surface area contributed by atoms with Crippen molar-refractivity contribution in [1.82, 2.24) is 5.32 Å². The van der Waals surface area contributed by atoms with Gasteiger partial charge in [-0.3, -0.25) is 14.4 Å². The predicted octanol–water partition coefficient (Wildman–Crippen LogP) is 2.17. The van der Waals surface area contributed by atoms with Gasteiger partial charge in [0.15, 0.2) is 0 Å². The van der Waals surface area contributed by atoms with Crippen molar-refractivity contribution in [3.63, 3.8) is 0 Å². The van der Waals surface area contributed by atoms with E-state index in [1.54, 1.807) is 42.2 Å². The van der Waals surface area contributed by atoms with Gasteiger partial charge in [-0.1, -0.05) is 5.92 Å². The molecule has 9 heteroatoms. The molecular formula is C23H25N3O5S. The summed E-state index contributed by atoms with van der Waals surface area (Å²) < 4.78 is 10.4. The van der Waals surface area contributed by atoms with Crippen molar-refractivity contribution in [1.29, 1.82) is 0 Å². The molecule has 1 aromatic heterocycles. The minimum Gasteiger partial charge on any atom is -0.382 e. The quantitative estimate of drug-likeness (QED) is 0.624. The molecule has 3 amide bonds. The van der Waals surface area contributed by atoms with Crippen molar-refractivity contribution in [2.45, 2.75) is 19.4 Å². The van der Waals surface area contributed by atoms with E-state index in [0.717, 1.165) is 11.3 Å². The monoisotopic (exact) mass is 455 g/mol. The SMILES string of the molecule is C#Cc1ccc(C(=O)NC(C)(COC)C(=O)Nc2ccc(N3CCOCC3=O)c(C)c2)s1. The number of hydrogen-bond donors (Lipinski definition) is 2. The summed E-state index contributed by atoms with van der Waals surface area (Å²) in [6.07, 6.45) is 5.37. The Morgan fingerprint density at radius 1 is 1.34 bits per heavy atom. The van der Waals surface area contributed by atoms with Crippen molar-refractivity contribution < 1.29 is 23.9 Å². The lowest BCUT2D eigenvalue weighted by Gasteiger charge is -2.30. The zero-order valence-electron chi connectivity index (χ0n) is 18.2. The lowest BCUT2D eigenvalue weighted by atomic mass is 10.0. The Labute approximate surface area is 190 Å². The van der Waals surface area contributed by atoms with E-state index in [1.807, 2.05) is 6.92 Å². The molecule has 1 atom stereocenters. The Hall–Kier alpha value is -3.19. The molecule has 0 radical (unpaired) electrons. The van der Waals surface area contributed by atoms with E-state index in [4.69, 9.17) is 15.9 Å². The molecule has 0 aliphatic carbocycles. The van der Waals surface area contributed by atoms with Crippen LogP contribution in [0, 0.1) is 19.3 Å². The number of methoxy groups -OCH3 is 1. The second-order valence-electron chi connectivity index (χ2n) is 7.58. The first kappa shape index (κ1) is 23.5. The van der Waals surface area contributed by atoms with Gasteiger partial charge in [-0.25, -0.2) is 0 Å². The number of anilines is 2. The number of nitrogens with zero attached hydrogens (tertiary/aromatic N) is 1. The molecule has 3 rings (SSSR count). The molecule has 2 N–H and O–H groups in total. The summed E-state index contributed by atoms with van der Waals surface area (Å²) in [4.78, 5) is 40.6. The van der Waals surface area contributed by atoms with Crippen molar-refractivity contribution in [3.8, 4) is 12.3 Å². The van der Waals surface area contributed by atoms with Crippen LogP contribution in [0.2, 0.25) is 0 Å². The number of amides is 3. The fourth-order valence-electron chi connectivity index (χ4n) is 3.37. The maximum atomic E-state index is 13.1. The summed E-state index contributed by atoms with van der Waals surface area (Å²) in [5.41, 5.74) is 0.820. The number of rotatable bonds is 7. The van der Waals surface area contributed by atoms with Gasteiger partial charge in [-0.05, 0) is 49.7 Å². The Morgan fingerprint density at radius 3 is 2.75 bits per heavy atom. The molecule has 8 nitrogen and oxygen atoms in total. The molecular weight excluding hydrogens is 430 g/mol. The summed E-state index contributed by atoms with van der Waals surface area (Å²) in [5, 5.41) is 5.58. The lowest BCUT2D eigenvalue weighted by Crippen LogP contribution is -2.57. The molecule has 0 saturated carbocycles. The van der Waals surface area contributed by atoms with E-state index in [1.165, 1.54) is 18.4 Å². The first-order valence-electron chi connectivity index (χ1n) is 9.95. The molecule has 0 spiro atoms. The molecule has 0 bridgehead atoms. The maximum absolute atomic E-state index is 13.1. The van der Waals surface area contributed by atoms with E-state index < -0.39 is 17.4 Å². The Morgan fingerprint density at radius 2 is 2.12 bits per heavy atom. The van der Waals surface area contributed by atoms with Crippen LogP contribution < -0.4 is 15.5 Å². The second-order valence-corrected chi connectivity index (χ2v) is 8.66. The number of morpholine rings is 1. The van der Waals surface area contributed by atoms with Crippen molar-refractivity contribution in [2.24, 2.45) is 0 Å². The topological polar surface area (TPSA) is 97.0 Å². The first-order valence-corrected chi connectivity index (χ1v) is 10.8. The van der Waals surface area contributed by atoms with E-state index in [2.05, 4.69) is 16.6 Å². The maximum Gasteiger partial charge on any atom is 0.262 e. The molecule has 2 heterocycles. The first-order chi connectivity index (χ1) is 15.3. The van der Waals surface area contributed by atoms with Crippen molar-refractivity contribution in [3.05, 3.63) is 45.6 Å². The third kappa shape index (κ3) is 5.16. The van der Waals surface area contributed by atoms with Gasteiger partial charge >= 0.3 is 0 Å². The van der Waals surface area contributed by atoms with Gasteiger partial charge in [0.1, 0.15) is 12.1 Å². The van der Waals surface area contributed by atoms with E-state index in [-0.39, 0.29) is 19.1 Å². The average Bonchev–Trinajstić information content (AvgIpc) is 3.24. The smallest absolute Gasteiger partial charge is 0.262 e. The number of nitrogens with one attached hydrogen (secondary N) is 2. The van der Waals surface area contributed by atoms with Gasteiger partial charge in [0.2, 0.25) is 0 Å². The highest BCUT2D eigenvalue weighted by molar-refractivity contribution is 7.14. The molecule has 32 heavy (non-hydrogen) atoms. The molecule has 1 saturated heterocycles. The van der Waals surface area contributed by atoms with Crippen molar-refractivity contribution in [2.75, 3.05) is 43.7 Å². The fraction of sp³-hybridized carbons (Fsp3) is 0.348. The largest absolute Gasteiger partial charge is 0.382 e. The standard InChI is InChI=1S/C23H25N3O5S/c1-5-17-7-9-19(32-17)21(28)25-23(3,14-30-4)22(29)24-16-6-8-18(15(2)12-16)26-10-11-31-13-20(26)27/h1,6-9,12H,10-11,13-14H2,2-4H3,(H,24,29)(H,25,28). The van der Waals surface area contributed by atoms with Crippen LogP contribution >= 0.6 is 11.3 Å². The number of ether oxygens (including phenoxy) is 2. The average molecular weight is 456 g/mol. The zero-order valence-corrected chi connectivity index (χ0v) is 19.0. The Balaban J connectivity index is 1.75. The summed E-state index contributed by atoms with van der Waals surface area (Å²) >= 11 is 1.17. The van der Waals surface area contributed by atoms with E-state index >= 15 is 0 Å². The predicted molar refractivity (Wildman–Crippen MR) is 123 cm³/mol. The third-order valence-electron chi connectivity index (χ3n) is 5.03. The fourth-order valence-corrected chi connectivity index (χ4v) is 4.09. The summed E-state index contributed by atoms with van der Waals surface area (Å²) in [6, 6.07) is 8.58. The molecule has 1 fully saturated rings. The van der Waals surface area contributed by atoms with Crippen LogP contribution in [0.5, 0.6) is 0 Å². The van der Waals surface area contributed by atoms with Gasteiger partial charge in [-0.2, -0.15) is 0 Å². The van der Waals surface area contributed by atoms with Crippen LogP contribution in [-0.4, -0.2) is 56.7 Å². The summed E-state index contributed by atoms with van der Waals surface area (Å²) in [7, 11) is 1.46. The number of carbonyl (C=O) groups excluding carboxylic acids is 3. The number of carbonyl (C=O) groups is 3. The molecule has 1 aliphatic rings. The highest BCUT2D eigenvalue weighted by atomic mass is 32.1. The van der Waals surface area contributed by atoms with Crippen LogP contribution in [0.25, 0.3) is 0 Å². The van der Waals surface area contributed by atoms with Gasteiger partial charge in [0, 0.05) is 25.0 Å². The number of thiophene rings is 1. The number of benzene rings is 1. The van der Waals surface area contributed by atoms with Crippen LogP contribution in [0.15, 0.2) is 30.3 Å². The highest BCUT2D eigenvalue weighted by Crippen LogP contribution is 2.26. The molecule has 1 unspecified atom stereocenters. The highest BCUT2D eigenvalue weighted by Gasteiger charge is 2.36. The van der Waals surface area contributed by atoms with E-state index in [0.29, 0.717) is 28.6 Å². The number of terminal acetylenes is 1. The van der Waals surface area contributed by atoms with Gasteiger partial charge < -0.3 is 25.0 Å². The minimum atomic E-state index is -1.32. The van der Waals surface area contributed by atoms with Crippen LogP contribution in [0.3, 0.4) is 0 Å². The summed E-state index contributed by atoms with van der Waals surface area (Å²) in [6.45, 7) is 4.44. The molecule has 1 aromatic carbocycles. The van der Waals surface area contributed by atoms with Crippen LogP contribution in [0.4, 0.5) is 11.4 Å². The Bertz CT molecular complexity index is 1070. The molecule has 1 aliphatic heterocycles. The third-order valence-corrected chi connectivity index (χ3v) is 6.04. The van der Waals surface area contributed by atoms with Crippen LogP contribution in [-0.2, 0) is 19.1 Å². The van der Waals surface area contributed by atoms with Crippen LogP contribution in [0.1, 0.15) is 27.0 Å². The minimum absolute atomic E-state index is 0.0305. The Kier molecular flexibility index (Phi) is 7.30. The molecule has 2 aromatic rings. The van der Waals surface area contributed by atoms with Crippen molar-refractivity contribution >= 4 is 40.4 Å². The van der Waals surface area contributed by atoms with E-state index in [9.17, 15) is 14.4 Å². The second kappa shape index (κ2) is 9.96. The number of hydrogen-bond acceptors (Lipinski definition) is 6.